The fourth-order valence-electron chi connectivity index (χ4n) is 4.42. The van der Waals surface area contributed by atoms with Gasteiger partial charge in [-0.15, -0.1) is 0 Å². The highest BCUT2D eigenvalue weighted by molar-refractivity contribution is 9.10. The van der Waals surface area contributed by atoms with Crippen molar-refractivity contribution in [2.24, 2.45) is 0 Å². The van der Waals surface area contributed by atoms with Gasteiger partial charge in [-0.3, -0.25) is 4.79 Å². The molecule has 5 rings (SSSR count). The number of benzene rings is 4. The van der Waals surface area contributed by atoms with Crippen LogP contribution in [0.3, 0.4) is 0 Å². The molecule has 0 N–H and O–H groups in total. The highest BCUT2D eigenvalue weighted by Gasteiger charge is 2.20. The number of aryl methyl sites for hydroxylation is 2. The van der Waals surface area contributed by atoms with E-state index in [0.29, 0.717) is 33.7 Å². The number of carbonyl (C=O) groups is 1. The minimum atomic E-state index is -0.109. The normalized spacial score (nSPS) is 11.0. The molecule has 0 fully saturated rings. The molecule has 5 aromatic rings. The van der Waals surface area contributed by atoms with E-state index in [1.807, 2.05) is 73.7 Å². The van der Waals surface area contributed by atoms with Gasteiger partial charge in [0.15, 0.2) is 0 Å². The number of aromatic nitrogens is 1. The van der Waals surface area contributed by atoms with E-state index in [1.54, 1.807) is 30.1 Å². The van der Waals surface area contributed by atoms with Gasteiger partial charge >= 0.3 is 0 Å². The second-order valence-corrected chi connectivity index (χ2v) is 11.3. The zero-order valence-electron chi connectivity index (χ0n) is 21.6. The average molecular weight is 620 g/mol. The number of fused-ring (bicyclic) bond motifs is 1. The predicted octanol–water partition coefficient (Wildman–Crippen LogP) is 9.65. The van der Waals surface area contributed by atoms with Gasteiger partial charge in [-0.25, -0.2) is 4.98 Å². The molecule has 0 atom stereocenters. The average Bonchev–Trinajstić information content (AvgIpc) is 2.90. The molecule has 0 unspecified atom stereocenters. The third-order valence-corrected chi connectivity index (χ3v) is 7.50. The maximum absolute atomic E-state index is 14.0. The second-order valence-electron chi connectivity index (χ2n) is 9.50. The molecule has 0 aliphatic carbocycles. The molecule has 1 amide bonds. The van der Waals surface area contributed by atoms with Gasteiger partial charge in [0, 0.05) is 44.6 Å². The van der Waals surface area contributed by atoms with Crippen LogP contribution in [0.1, 0.15) is 27.0 Å². The number of hydrogen-bond acceptors (Lipinski definition) is 3. The van der Waals surface area contributed by atoms with E-state index in [4.69, 9.17) is 32.9 Å². The molecule has 4 nitrogen and oxygen atoms in total. The molecule has 0 radical (unpaired) electrons. The molecular formula is C32H25BrCl2N2O2. The summed E-state index contributed by atoms with van der Waals surface area (Å²) < 4.78 is 7.02. The first kappa shape index (κ1) is 27.2. The van der Waals surface area contributed by atoms with Gasteiger partial charge in [-0.05, 0) is 73.5 Å². The summed E-state index contributed by atoms with van der Waals surface area (Å²) in [7, 11) is 1.79. The number of hydrogen-bond donors (Lipinski definition) is 0. The lowest BCUT2D eigenvalue weighted by atomic mass is 9.99. The maximum Gasteiger partial charge on any atom is 0.254 e. The first-order chi connectivity index (χ1) is 18.7. The highest BCUT2D eigenvalue weighted by atomic mass is 79.9. The molecule has 0 aliphatic heterocycles. The van der Waals surface area contributed by atoms with Crippen LogP contribution in [0.2, 0.25) is 10.0 Å². The van der Waals surface area contributed by atoms with E-state index in [9.17, 15) is 4.79 Å². The lowest BCUT2D eigenvalue weighted by molar-refractivity contribution is 0.0786. The van der Waals surface area contributed by atoms with Gasteiger partial charge in [0.05, 0.1) is 16.8 Å². The fourth-order valence-corrected chi connectivity index (χ4v) is 5.27. The molecule has 1 heterocycles. The van der Waals surface area contributed by atoms with Crippen LogP contribution in [-0.4, -0.2) is 22.8 Å². The summed E-state index contributed by atoms with van der Waals surface area (Å²) in [4.78, 5) is 20.6. The SMILES string of the molecule is Cc1cc2nc(-c3ccccc3)cc(C(=O)N(C)Cc3ccc(Br)cc3Oc3cc(Cl)cc(Cl)c3)c2cc1C. The van der Waals surface area contributed by atoms with Gasteiger partial charge < -0.3 is 9.64 Å². The smallest absolute Gasteiger partial charge is 0.254 e. The Morgan fingerprint density at radius 1 is 0.897 bits per heavy atom. The van der Waals surface area contributed by atoms with Crippen molar-refractivity contribution in [3.63, 3.8) is 0 Å². The Kier molecular flexibility index (Phi) is 7.94. The van der Waals surface area contributed by atoms with Crippen molar-refractivity contribution in [3.05, 3.63) is 122 Å². The molecular weight excluding hydrogens is 595 g/mol. The monoisotopic (exact) mass is 618 g/mol. The van der Waals surface area contributed by atoms with Crippen LogP contribution >= 0.6 is 39.1 Å². The molecule has 0 bridgehead atoms. The summed E-state index contributed by atoms with van der Waals surface area (Å²) >= 11 is 15.9. The molecule has 0 saturated heterocycles. The van der Waals surface area contributed by atoms with Crippen LogP contribution in [0.5, 0.6) is 11.5 Å². The van der Waals surface area contributed by atoms with E-state index in [0.717, 1.165) is 43.3 Å². The van der Waals surface area contributed by atoms with Crippen molar-refractivity contribution in [3.8, 4) is 22.8 Å². The number of rotatable bonds is 6. The van der Waals surface area contributed by atoms with Gasteiger partial charge in [0.25, 0.3) is 5.91 Å². The largest absolute Gasteiger partial charge is 0.457 e. The molecule has 39 heavy (non-hydrogen) atoms. The number of amides is 1. The summed E-state index contributed by atoms with van der Waals surface area (Å²) in [6, 6.07) is 26.7. The lowest BCUT2D eigenvalue weighted by Gasteiger charge is -2.21. The third kappa shape index (κ3) is 6.11. The van der Waals surface area contributed by atoms with Crippen molar-refractivity contribution >= 4 is 55.9 Å². The Labute approximate surface area is 246 Å². The van der Waals surface area contributed by atoms with E-state index in [2.05, 4.69) is 22.9 Å². The van der Waals surface area contributed by atoms with Crippen molar-refractivity contribution in [1.29, 1.82) is 0 Å². The van der Waals surface area contributed by atoms with Crippen molar-refractivity contribution in [2.45, 2.75) is 20.4 Å². The van der Waals surface area contributed by atoms with Crippen LogP contribution in [-0.2, 0) is 6.54 Å². The van der Waals surface area contributed by atoms with Crippen molar-refractivity contribution in [2.75, 3.05) is 7.05 Å². The van der Waals surface area contributed by atoms with E-state index in [1.165, 1.54) is 0 Å². The van der Waals surface area contributed by atoms with Gasteiger partial charge in [-0.1, -0.05) is 75.5 Å². The topological polar surface area (TPSA) is 42.4 Å². The van der Waals surface area contributed by atoms with Crippen LogP contribution in [0.25, 0.3) is 22.2 Å². The zero-order valence-corrected chi connectivity index (χ0v) is 24.7. The summed E-state index contributed by atoms with van der Waals surface area (Å²) in [5.41, 5.74) is 6.18. The summed E-state index contributed by atoms with van der Waals surface area (Å²) in [5, 5.41) is 1.78. The van der Waals surface area contributed by atoms with Crippen LogP contribution in [0.15, 0.2) is 89.4 Å². The van der Waals surface area contributed by atoms with Crippen LogP contribution in [0, 0.1) is 13.8 Å². The Morgan fingerprint density at radius 2 is 1.59 bits per heavy atom. The van der Waals surface area contributed by atoms with Crippen LogP contribution in [0.4, 0.5) is 0 Å². The van der Waals surface area contributed by atoms with E-state index >= 15 is 0 Å². The molecule has 0 spiro atoms. The van der Waals surface area contributed by atoms with E-state index < -0.39 is 0 Å². The molecule has 0 aliphatic rings. The third-order valence-electron chi connectivity index (χ3n) is 6.57. The number of carbonyl (C=O) groups excluding carboxylic acids is 1. The zero-order chi connectivity index (χ0) is 27.7. The summed E-state index contributed by atoms with van der Waals surface area (Å²) in [6.45, 7) is 4.43. The number of nitrogens with zero attached hydrogens (tertiary/aromatic N) is 2. The second kappa shape index (κ2) is 11.4. The molecule has 4 aromatic carbocycles. The quantitative estimate of drug-likeness (QED) is 0.190. The number of halogens is 3. The van der Waals surface area contributed by atoms with Gasteiger partial charge in [-0.2, -0.15) is 0 Å². The Hall–Kier alpha value is -3.38. The maximum atomic E-state index is 14.0. The van der Waals surface area contributed by atoms with Crippen molar-refractivity contribution in [1.82, 2.24) is 9.88 Å². The minimum Gasteiger partial charge on any atom is -0.457 e. The Morgan fingerprint density at radius 3 is 2.31 bits per heavy atom. The number of ether oxygens (including phenoxy) is 1. The Balaban J connectivity index is 1.52. The predicted molar refractivity (Wildman–Crippen MR) is 163 cm³/mol. The minimum absolute atomic E-state index is 0.109. The molecule has 0 saturated carbocycles. The highest BCUT2D eigenvalue weighted by Crippen LogP contribution is 2.33. The first-order valence-electron chi connectivity index (χ1n) is 12.3. The van der Waals surface area contributed by atoms with Crippen LogP contribution < -0.4 is 4.74 Å². The first-order valence-corrected chi connectivity index (χ1v) is 13.9. The number of pyridine rings is 1. The molecule has 196 valence electrons. The van der Waals surface area contributed by atoms with Crippen molar-refractivity contribution < 1.29 is 9.53 Å². The molecule has 7 heteroatoms. The summed E-state index contributed by atoms with van der Waals surface area (Å²) in [6.07, 6.45) is 0. The Bertz CT molecular complexity index is 1690. The summed E-state index contributed by atoms with van der Waals surface area (Å²) in [5.74, 6) is 1.00. The molecule has 1 aromatic heterocycles. The fraction of sp³-hybridized carbons (Fsp3) is 0.125. The standard InChI is InChI=1S/C32H25BrCl2N2O2/c1-19-11-27-28(17-29(21-7-5-4-6-8-21)36-30(27)12-20(19)2)32(38)37(3)18-22-9-10-23(33)13-31(22)39-26-15-24(34)14-25(35)16-26/h4-17H,18H2,1-3H3. The van der Waals surface area contributed by atoms with E-state index in [-0.39, 0.29) is 5.91 Å². The van der Waals surface area contributed by atoms with Gasteiger partial charge in [0.1, 0.15) is 11.5 Å². The lowest BCUT2D eigenvalue weighted by Crippen LogP contribution is -2.26. The van der Waals surface area contributed by atoms with Gasteiger partial charge in [0.2, 0.25) is 0 Å².